The van der Waals surface area contributed by atoms with Crippen molar-refractivity contribution in [2.24, 2.45) is 5.92 Å². The van der Waals surface area contributed by atoms with E-state index >= 15 is 0 Å². The van der Waals surface area contributed by atoms with Crippen molar-refractivity contribution >= 4 is 28.3 Å². The van der Waals surface area contributed by atoms with Crippen molar-refractivity contribution in [1.29, 1.82) is 0 Å². The van der Waals surface area contributed by atoms with E-state index in [9.17, 15) is 9.59 Å². The molecule has 2 amide bonds. The minimum atomic E-state index is -0.330. The van der Waals surface area contributed by atoms with Gasteiger partial charge in [0.25, 0.3) is 0 Å². The van der Waals surface area contributed by atoms with Crippen molar-refractivity contribution in [3.8, 4) is 0 Å². The van der Waals surface area contributed by atoms with Gasteiger partial charge in [-0.05, 0) is 18.4 Å². The number of carbonyl (C=O) groups excluding carboxylic acids is 2. The van der Waals surface area contributed by atoms with E-state index in [0.29, 0.717) is 24.1 Å². The van der Waals surface area contributed by atoms with Crippen LogP contribution in [0.1, 0.15) is 55.0 Å². The minimum Gasteiger partial charge on any atom is -0.338 e. The number of hydrogen-bond acceptors (Lipinski definition) is 5. The van der Waals surface area contributed by atoms with Crippen molar-refractivity contribution < 1.29 is 9.59 Å². The Morgan fingerprint density at radius 1 is 1.15 bits per heavy atom. The molecular weight excluding hydrogens is 360 g/mol. The fourth-order valence-corrected chi connectivity index (χ4v) is 4.83. The van der Waals surface area contributed by atoms with E-state index in [1.807, 2.05) is 30.3 Å². The summed E-state index contributed by atoms with van der Waals surface area (Å²) in [5.41, 5.74) is 1.08. The molecule has 0 unspecified atom stereocenters. The third-order valence-corrected chi connectivity index (χ3v) is 6.43. The SMILES string of the molecule is O=C(Nc1nnc(C2CCCCC2)s1)[C@H]1CC(=O)N(Cc2ccccc2)C1. The molecule has 2 aromatic rings. The van der Waals surface area contributed by atoms with Gasteiger partial charge in [0, 0.05) is 25.4 Å². The molecule has 1 aliphatic heterocycles. The lowest BCUT2D eigenvalue weighted by molar-refractivity contribution is -0.128. The summed E-state index contributed by atoms with van der Waals surface area (Å²) in [5.74, 6) is 0.0454. The maximum Gasteiger partial charge on any atom is 0.231 e. The molecule has 0 radical (unpaired) electrons. The quantitative estimate of drug-likeness (QED) is 0.855. The van der Waals surface area contributed by atoms with E-state index < -0.39 is 0 Å². The maximum atomic E-state index is 12.6. The monoisotopic (exact) mass is 384 g/mol. The minimum absolute atomic E-state index is 0.0270. The highest BCUT2D eigenvalue weighted by Crippen LogP contribution is 2.35. The van der Waals surface area contributed by atoms with Gasteiger partial charge in [0.15, 0.2) is 0 Å². The molecular formula is C20H24N4O2S. The van der Waals surface area contributed by atoms with Gasteiger partial charge < -0.3 is 10.2 Å². The van der Waals surface area contributed by atoms with Crippen LogP contribution < -0.4 is 5.32 Å². The lowest BCUT2D eigenvalue weighted by Crippen LogP contribution is -2.28. The second-order valence-electron chi connectivity index (χ2n) is 7.43. The molecule has 2 heterocycles. The molecule has 27 heavy (non-hydrogen) atoms. The highest BCUT2D eigenvalue weighted by Gasteiger charge is 2.34. The fraction of sp³-hybridized carbons (Fsp3) is 0.500. The second kappa shape index (κ2) is 8.17. The number of aromatic nitrogens is 2. The first-order chi connectivity index (χ1) is 13.2. The number of amides is 2. The third kappa shape index (κ3) is 4.35. The van der Waals surface area contributed by atoms with Gasteiger partial charge in [-0.1, -0.05) is 60.9 Å². The van der Waals surface area contributed by atoms with Crippen molar-refractivity contribution in [3.63, 3.8) is 0 Å². The maximum absolute atomic E-state index is 12.6. The van der Waals surface area contributed by atoms with Crippen LogP contribution in [-0.2, 0) is 16.1 Å². The van der Waals surface area contributed by atoms with Crippen LogP contribution in [0.15, 0.2) is 30.3 Å². The summed E-state index contributed by atoms with van der Waals surface area (Å²) in [6, 6.07) is 9.86. The van der Waals surface area contributed by atoms with E-state index in [4.69, 9.17) is 0 Å². The third-order valence-electron chi connectivity index (χ3n) is 5.43. The number of benzene rings is 1. The van der Waals surface area contributed by atoms with Gasteiger partial charge in [0.1, 0.15) is 5.01 Å². The first-order valence-corrected chi connectivity index (χ1v) is 10.5. The van der Waals surface area contributed by atoms with Crippen LogP contribution in [0.2, 0.25) is 0 Å². The van der Waals surface area contributed by atoms with Gasteiger partial charge in [0.2, 0.25) is 16.9 Å². The van der Waals surface area contributed by atoms with Gasteiger partial charge in [0.05, 0.1) is 5.92 Å². The van der Waals surface area contributed by atoms with E-state index in [1.165, 1.54) is 30.6 Å². The van der Waals surface area contributed by atoms with Crippen LogP contribution in [-0.4, -0.2) is 33.5 Å². The van der Waals surface area contributed by atoms with Crippen LogP contribution in [0.5, 0.6) is 0 Å². The van der Waals surface area contributed by atoms with E-state index in [1.54, 1.807) is 4.90 Å². The number of likely N-dealkylation sites (tertiary alicyclic amines) is 1. The van der Waals surface area contributed by atoms with Gasteiger partial charge in [-0.2, -0.15) is 0 Å². The predicted octanol–water partition coefficient (Wildman–Crippen LogP) is 3.57. The van der Waals surface area contributed by atoms with Crippen molar-refractivity contribution in [2.45, 2.75) is 51.0 Å². The molecule has 0 spiro atoms. The molecule has 1 aliphatic carbocycles. The topological polar surface area (TPSA) is 75.2 Å². The molecule has 1 saturated carbocycles. The molecule has 2 aliphatic rings. The van der Waals surface area contributed by atoms with Gasteiger partial charge in [-0.15, -0.1) is 10.2 Å². The zero-order chi connectivity index (χ0) is 18.6. The molecule has 2 fully saturated rings. The highest BCUT2D eigenvalue weighted by molar-refractivity contribution is 7.15. The second-order valence-corrected chi connectivity index (χ2v) is 8.44. The Hall–Kier alpha value is -2.28. The summed E-state index contributed by atoms with van der Waals surface area (Å²) in [5, 5.41) is 12.9. The van der Waals surface area contributed by atoms with Crippen LogP contribution in [0.4, 0.5) is 5.13 Å². The van der Waals surface area contributed by atoms with Crippen molar-refractivity contribution in [1.82, 2.24) is 15.1 Å². The Bertz CT molecular complexity index is 801. The zero-order valence-electron chi connectivity index (χ0n) is 15.3. The molecule has 6 nitrogen and oxygen atoms in total. The zero-order valence-corrected chi connectivity index (χ0v) is 16.1. The smallest absolute Gasteiger partial charge is 0.231 e. The number of nitrogens with zero attached hydrogens (tertiary/aromatic N) is 3. The number of hydrogen-bond donors (Lipinski definition) is 1. The Balaban J connectivity index is 1.33. The highest BCUT2D eigenvalue weighted by atomic mass is 32.1. The summed E-state index contributed by atoms with van der Waals surface area (Å²) >= 11 is 1.48. The molecule has 1 aromatic carbocycles. The molecule has 1 N–H and O–H groups in total. The molecule has 7 heteroatoms. The Morgan fingerprint density at radius 3 is 2.70 bits per heavy atom. The Morgan fingerprint density at radius 2 is 1.93 bits per heavy atom. The number of anilines is 1. The first kappa shape index (κ1) is 18.1. The Kier molecular flexibility index (Phi) is 5.48. The largest absolute Gasteiger partial charge is 0.338 e. The first-order valence-electron chi connectivity index (χ1n) is 9.65. The van der Waals surface area contributed by atoms with Crippen LogP contribution in [0, 0.1) is 5.92 Å². The van der Waals surface area contributed by atoms with Crippen molar-refractivity contribution in [2.75, 3.05) is 11.9 Å². The summed E-state index contributed by atoms with van der Waals surface area (Å²) < 4.78 is 0. The molecule has 0 bridgehead atoms. The average molecular weight is 385 g/mol. The number of rotatable bonds is 5. The summed E-state index contributed by atoms with van der Waals surface area (Å²) in [7, 11) is 0. The average Bonchev–Trinajstić information content (AvgIpc) is 3.30. The van der Waals surface area contributed by atoms with Crippen LogP contribution in [0.25, 0.3) is 0 Å². The van der Waals surface area contributed by atoms with E-state index in [2.05, 4.69) is 15.5 Å². The predicted molar refractivity (Wildman–Crippen MR) is 104 cm³/mol. The molecule has 1 aromatic heterocycles. The normalized spacial score (nSPS) is 20.8. The van der Waals surface area contributed by atoms with Gasteiger partial charge in [-0.25, -0.2) is 0 Å². The van der Waals surface area contributed by atoms with Crippen molar-refractivity contribution in [3.05, 3.63) is 40.9 Å². The lowest BCUT2D eigenvalue weighted by Gasteiger charge is -2.18. The van der Waals surface area contributed by atoms with Crippen LogP contribution >= 0.6 is 11.3 Å². The molecule has 1 saturated heterocycles. The van der Waals surface area contributed by atoms with E-state index in [0.717, 1.165) is 23.4 Å². The Labute approximate surface area is 163 Å². The summed E-state index contributed by atoms with van der Waals surface area (Å²) in [4.78, 5) is 26.6. The standard InChI is InChI=1S/C20H24N4O2S/c25-17-11-16(13-24(17)12-14-7-3-1-4-8-14)18(26)21-20-23-22-19(27-20)15-9-5-2-6-10-15/h1,3-4,7-8,15-16H,2,5-6,9-13H2,(H,21,23,26)/t16-/m0/s1. The number of carbonyl (C=O) groups is 2. The van der Waals surface area contributed by atoms with E-state index in [-0.39, 0.29) is 24.2 Å². The summed E-state index contributed by atoms with van der Waals surface area (Å²) in [6.45, 7) is 1.00. The molecule has 1 atom stereocenters. The van der Waals surface area contributed by atoms with Gasteiger partial charge >= 0.3 is 0 Å². The fourth-order valence-electron chi connectivity index (χ4n) is 3.91. The van der Waals surface area contributed by atoms with Gasteiger partial charge in [-0.3, -0.25) is 9.59 Å². The lowest BCUT2D eigenvalue weighted by atomic mass is 9.90. The van der Waals surface area contributed by atoms with Crippen LogP contribution in [0.3, 0.4) is 0 Å². The number of nitrogens with one attached hydrogen (secondary N) is 1. The molecule has 4 rings (SSSR count). The summed E-state index contributed by atoms with van der Waals surface area (Å²) in [6.07, 6.45) is 6.37. The molecule has 142 valence electrons.